The van der Waals surface area contributed by atoms with Crippen LogP contribution < -0.4 is 10.6 Å². The predicted molar refractivity (Wildman–Crippen MR) is 77.7 cm³/mol. The minimum Gasteiger partial charge on any atom is -0.396 e. The van der Waals surface area contributed by atoms with Crippen LogP contribution in [0.2, 0.25) is 0 Å². The summed E-state index contributed by atoms with van der Waals surface area (Å²) < 4.78 is 0. The molecule has 0 amide bonds. The van der Waals surface area contributed by atoms with E-state index >= 15 is 0 Å². The van der Waals surface area contributed by atoms with E-state index in [1.165, 1.54) is 12.8 Å². The number of nitrogens with zero attached hydrogens (tertiary/aromatic N) is 2. The zero-order valence-corrected chi connectivity index (χ0v) is 11.9. The molecule has 19 heavy (non-hydrogen) atoms. The molecule has 1 saturated carbocycles. The number of unbranched alkanes of at least 4 members (excludes halogenated alkanes) is 2. The highest BCUT2D eigenvalue weighted by Crippen LogP contribution is 2.39. The van der Waals surface area contributed by atoms with Gasteiger partial charge in [0.1, 0.15) is 17.5 Å². The van der Waals surface area contributed by atoms with Crippen LogP contribution in [0.3, 0.4) is 0 Å². The highest BCUT2D eigenvalue weighted by molar-refractivity contribution is 5.57. The average Bonchev–Trinajstić information content (AvgIpc) is 3.24. The zero-order chi connectivity index (χ0) is 13.7. The van der Waals surface area contributed by atoms with Crippen molar-refractivity contribution in [3.8, 4) is 0 Å². The van der Waals surface area contributed by atoms with Gasteiger partial charge in [-0.25, -0.2) is 9.97 Å². The molecule has 1 aliphatic carbocycles. The van der Waals surface area contributed by atoms with Crippen molar-refractivity contribution in [1.29, 1.82) is 0 Å². The van der Waals surface area contributed by atoms with Crippen molar-refractivity contribution in [2.45, 2.75) is 44.9 Å². The Hall–Kier alpha value is -1.36. The van der Waals surface area contributed by atoms with E-state index < -0.39 is 0 Å². The first-order chi connectivity index (χ1) is 9.26. The first kappa shape index (κ1) is 14.1. The number of aromatic nitrogens is 2. The monoisotopic (exact) mass is 264 g/mol. The Balaban J connectivity index is 1.99. The van der Waals surface area contributed by atoms with Crippen LogP contribution in [-0.2, 0) is 0 Å². The molecule has 1 aromatic heterocycles. The van der Waals surface area contributed by atoms with Gasteiger partial charge in [0.05, 0.1) is 0 Å². The Bertz CT molecular complexity index is 418. The number of nitrogens with one attached hydrogen (secondary N) is 2. The molecular weight excluding hydrogens is 240 g/mol. The molecule has 0 spiro atoms. The van der Waals surface area contributed by atoms with Gasteiger partial charge in [0.25, 0.3) is 0 Å². The van der Waals surface area contributed by atoms with Crippen LogP contribution in [-0.4, -0.2) is 35.3 Å². The van der Waals surface area contributed by atoms with E-state index in [1.54, 1.807) is 0 Å². The van der Waals surface area contributed by atoms with Crippen molar-refractivity contribution >= 4 is 11.6 Å². The SMILES string of the molecule is CNc1nc(C2CC2)nc(NCCCCCO)c1C. The van der Waals surface area contributed by atoms with Crippen LogP contribution in [0.25, 0.3) is 0 Å². The van der Waals surface area contributed by atoms with Gasteiger partial charge >= 0.3 is 0 Å². The van der Waals surface area contributed by atoms with E-state index in [4.69, 9.17) is 5.11 Å². The van der Waals surface area contributed by atoms with Crippen molar-refractivity contribution in [1.82, 2.24) is 9.97 Å². The Morgan fingerprint density at radius 2 is 1.89 bits per heavy atom. The van der Waals surface area contributed by atoms with Crippen molar-refractivity contribution in [3.63, 3.8) is 0 Å². The van der Waals surface area contributed by atoms with Crippen LogP contribution in [0.1, 0.15) is 49.4 Å². The molecule has 2 rings (SSSR count). The van der Waals surface area contributed by atoms with Gasteiger partial charge in [-0.2, -0.15) is 0 Å². The average molecular weight is 264 g/mol. The Morgan fingerprint density at radius 1 is 1.16 bits per heavy atom. The third-order valence-corrected chi connectivity index (χ3v) is 3.47. The Labute approximate surface area is 114 Å². The molecule has 0 aromatic carbocycles. The number of hydrogen-bond donors (Lipinski definition) is 3. The molecule has 5 nitrogen and oxygen atoms in total. The maximum Gasteiger partial charge on any atom is 0.136 e. The summed E-state index contributed by atoms with van der Waals surface area (Å²) in [5.41, 5.74) is 1.08. The van der Waals surface area contributed by atoms with E-state index in [2.05, 4.69) is 20.6 Å². The smallest absolute Gasteiger partial charge is 0.136 e. The second kappa shape index (κ2) is 6.70. The van der Waals surface area contributed by atoms with Crippen molar-refractivity contribution in [2.24, 2.45) is 0 Å². The van der Waals surface area contributed by atoms with Gasteiger partial charge < -0.3 is 15.7 Å². The molecule has 1 heterocycles. The lowest BCUT2D eigenvalue weighted by Crippen LogP contribution is -2.10. The van der Waals surface area contributed by atoms with Crippen LogP contribution in [0, 0.1) is 6.92 Å². The number of aliphatic hydroxyl groups excluding tert-OH is 1. The second-order valence-corrected chi connectivity index (χ2v) is 5.14. The molecule has 0 bridgehead atoms. The molecule has 1 aliphatic rings. The lowest BCUT2D eigenvalue weighted by Gasteiger charge is -2.13. The lowest BCUT2D eigenvalue weighted by molar-refractivity contribution is 0.283. The summed E-state index contributed by atoms with van der Waals surface area (Å²) in [6.07, 6.45) is 5.39. The van der Waals surface area contributed by atoms with Gasteiger partial charge in [-0.15, -0.1) is 0 Å². The minimum atomic E-state index is 0.280. The standard InChI is InChI=1S/C14H24N4O/c1-10-12(15-2)17-14(11-6-7-11)18-13(10)16-8-4-3-5-9-19/h11,19H,3-9H2,1-2H3,(H2,15,16,17,18). The summed E-state index contributed by atoms with van der Waals surface area (Å²) in [6.45, 7) is 3.21. The molecular formula is C14H24N4O. The maximum atomic E-state index is 8.75. The highest BCUT2D eigenvalue weighted by Gasteiger charge is 2.28. The molecule has 0 atom stereocenters. The minimum absolute atomic E-state index is 0.280. The number of anilines is 2. The molecule has 1 aromatic rings. The van der Waals surface area contributed by atoms with Crippen LogP contribution in [0.15, 0.2) is 0 Å². The predicted octanol–water partition coefficient (Wildman–Crippen LogP) is 2.28. The lowest BCUT2D eigenvalue weighted by atomic mass is 10.2. The highest BCUT2D eigenvalue weighted by atomic mass is 16.2. The molecule has 3 N–H and O–H groups in total. The normalized spacial score (nSPS) is 14.5. The van der Waals surface area contributed by atoms with Gasteiger partial charge in [0.15, 0.2) is 0 Å². The van der Waals surface area contributed by atoms with E-state index in [-0.39, 0.29) is 6.61 Å². The quantitative estimate of drug-likeness (QED) is 0.628. The fourth-order valence-corrected chi connectivity index (χ4v) is 2.09. The van der Waals surface area contributed by atoms with Crippen molar-refractivity contribution in [2.75, 3.05) is 30.8 Å². The van der Waals surface area contributed by atoms with Crippen LogP contribution in [0.4, 0.5) is 11.6 Å². The first-order valence-corrected chi connectivity index (χ1v) is 7.17. The molecule has 0 unspecified atom stereocenters. The Morgan fingerprint density at radius 3 is 2.53 bits per heavy atom. The van der Waals surface area contributed by atoms with Crippen LogP contribution in [0.5, 0.6) is 0 Å². The van der Waals surface area contributed by atoms with E-state index in [0.717, 1.165) is 48.8 Å². The fourth-order valence-electron chi connectivity index (χ4n) is 2.09. The van der Waals surface area contributed by atoms with Gasteiger partial charge in [-0.3, -0.25) is 0 Å². The van der Waals surface area contributed by atoms with E-state index in [1.807, 2.05) is 14.0 Å². The summed E-state index contributed by atoms with van der Waals surface area (Å²) in [5, 5.41) is 15.3. The summed E-state index contributed by atoms with van der Waals surface area (Å²) in [5.74, 6) is 3.40. The number of hydrogen-bond acceptors (Lipinski definition) is 5. The second-order valence-electron chi connectivity index (χ2n) is 5.14. The van der Waals surface area contributed by atoms with E-state index in [9.17, 15) is 0 Å². The summed E-state index contributed by atoms with van der Waals surface area (Å²) in [4.78, 5) is 9.22. The summed E-state index contributed by atoms with van der Waals surface area (Å²) in [7, 11) is 1.90. The van der Waals surface area contributed by atoms with Crippen molar-refractivity contribution in [3.05, 3.63) is 11.4 Å². The van der Waals surface area contributed by atoms with Crippen molar-refractivity contribution < 1.29 is 5.11 Å². The number of rotatable bonds is 8. The Kier molecular flexibility index (Phi) is 4.96. The van der Waals surface area contributed by atoms with Gasteiger partial charge in [-0.05, 0) is 39.0 Å². The topological polar surface area (TPSA) is 70.1 Å². The molecule has 106 valence electrons. The molecule has 0 radical (unpaired) electrons. The number of aliphatic hydroxyl groups is 1. The summed E-state index contributed by atoms with van der Waals surface area (Å²) in [6, 6.07) is 0. The molecule has 0 saturated heterocycles. The third kappa shape index (κ3) is 3.80. The first-order valence-electron chi connectivity index (χ1n) is 7.17. The fraction of sp³-hybridized carbons (Fsp3) is 0.714. The molecule has 1 fully saturated rings. The zero-order valence-electron chi connectivity index (χ0n) is 11.9. The molecule has 0 aliphatic heterocycles. The van der Waals surface area contributed by atoms with E-state index in [0.29, 0.717) is 5.92 Å². The van der Waals surface area contributed by atoms with Gasteiger partial charge in [-0.1, -0.05) is 0 Å². The maximum absolute atomic E-state index is 8.75. The third-order valence-electron chi connectivity index (χ3n) is 3.47. The summed E-state index contributed by atoms with van der Waals surface area (Å²) >= 11 is 0. The largest absolute Gasteiger partial charge is 0.396 e. The van der Waals surface area contributed by atoms with Gasteiger partial charge in [0.2, 0.25) is 0 Å². The van der Waals surface area contributed by atoms with Gasteiger partial charge in [0, 0.05) is 31.7 Å². The van der Waals surface area contributed by atoms with Crippen LogP contribution >= 0.6 is 0 Å². The molecule has 5 heteroatoms.